The summed E-state index contributed by atoms with van der Waals surface area (Å²) in [5.74, 6) is -0.855. The molecule has 15 heteroatoms. The molecule has 0 amide bonds. The molecule has 55 heavy (non-hydrogen) atoms. The zero-order chi connectivity index (χ0) is 40.0. The van der Waals surface area contributed by atoms with Gasteiger partial charge in [-0.3, -0.25) is 0 Å². The highest BCUT2D eigenvalue weighted by Crippen LogP contribution is 2.68. The van der Waals surface area contributed by atoms with Gasteiger partial charge in [-0.1, -0.05) is 39.3 Å². The van der Waals surface area contributed by atoms with Crippen molar-refractivity contribution in [3.8, 4) is 0 Å². The molecule has 3 heterocycles. The number of fused-ring (bicyclic) bond motifs is 5. The van der Waals surface area contributed by atoms with Crippen molar-refractivity contribution in [2.45, 2.75) is 190 Å². The molecule has 0 aromatic rings. The molecule has 4 aliphatic carbocycles. The van der Waals surface area contributed by atoms with Gasteiger partial charge in [0, 0.05) is 5.41 Å². The molecule has 3 saturated carbocycles. The molecule has 3 saturated heterocycles. The first kappa shape index (κ1) is 42.3. The Morgan fingerprint density at radius 1 is 0.818 bits per heavy atom. The Labute approximate surface area is 323 Å². The number of aliphatic hydroxyl groups is 9. The van der Waals surface area contributed by atoms with Crippen LogP contribution in [0.25, 0.3) is 0 Å². The number of ether oxygens (including phenoxy) is 6. The molecule has 6 fully saturated rings. The van der Waals surface area contributed by atoms with Crippen molar-refractivity contribution in [2.75, 3.05) is 13.2 Å². The summed E-state index contributed by atoms with van der Waals surface area (Å²) < 4.78 is 36.7. The quantitative estimate of drug-likeness (QED) is 0.150. The average molecular weight is 787 g/mol. The summed E-state index contributed by atoms with van der Waals surface area (Å²) >= 11 is 0. The Morgan fingerprint density at radius 3 is 2.22 bits per heavy atom. The Bertz CT molecular complexity index is 1400. The molecule has 9 N–H and O–H groups in total. The summed E-state index contributed by atoms with van der Waals surface area (Å²) in [6, 6.07) is 0. The number of rotatable bonds is 8. The summed E-state index contributed by atoms with van der Waals surface area (Å²) in [7, 11) is 0. The Balaban J connectivity index is 1.09. The van der Waals surface area contributed by atoms with Crippen LogP contribution in [0.3, 0.4) is 0 Å². The Morgan fingerprint density at radius 2 is 1.55 bits per heavy atom. The second-order valence-electron chi connectivity index (χ2n) is 18.6. The van der Waals surface area contributed by atoms with E-state index in [0.717, 1.165) is 6.42 Å². The topological polar surface area (TPSA) is 237 Å². The number of hydrogen-bond donors (Lipinski definition) is 9. The lowest BCUT2D eigenvalue weighted by atomic mass is 9.46. The van der Waals surface area contributed by atoms with E-state index >= 15 is 0 Å². The number of aliphatic hydroxyl groups excluding tert-OH is 8. The van der Waals surface area contributed by atoms with Gasteiger partial charge in [-0.25, -0.2) is 0 Å². The van der Waals surface area contributed by atoms with Gasteiger partial charge in [0.25, 0.3) is 0 Å². The van der Waals surface area contributed by atoms with Crippen LogP contribution in [0.4, 0.5) is 0 Å². The van der Waals surface area contributed by atoms with E-state index in [2.05, 4.69) is 13.0 Å². The van der Waals surface area contributed by atoms with Crippen LogP contribution in [0, 0.1) is 34.5 Å². The van der Waals surface area contributed by atoms with E-state index in [1.165, 1.54) is 12.5 Å². The molecular weight excluding hydrogens is 720 g/mol. The van der Waals surface area contributed by atoms with Gasteiger partial charge in [0.1, 0.15) is 48.8 Å². The van der Waals surface area contributed by atoms with E-state index in [0.29, 0.717) is 51.6 Å². The van der Waals surface area contributed by atoms with Gasteiger partial charge in [-0.05, 0) is 94.3 Å². The van der Waals surface area contributed by atoms with E-state index in [-0.39, 0.29) is 29.1 Å². The van der Waals surface area contributed by atoms with E-state index in [1.807, 2.05) is 20.8 Å². The second-order valence-corrected chi connectivity index (χ2v) is 18.6. The summed E-state index contributed by atoms with van der Waals surface area (Å²) in [6.07, 6.45) is -9.88. The van der Waals surface area contributed by atoms with E-state index in [4.69, 9.17) is 28.4 Å². The molecule has 7 aliphatic rings. The fourth-order valence-electron chi connectivity index (χ4n) is 11.8. The molecule has 0 aromatic heterocycles. The first-order valence-electron chi connectivity index (χ1n) is 20.6. The predicted octanol–water partition coefficient (Wildman–Crippen LogP) is 0.227. The van der Waals surface area contributed by atoms with Crippen LogP contribution in [0.2, 0.25) is 0 Å². The van der Waals surface area contributed by atoms with Gasteiger partial charge in [0.05, 0.1) is 43.2 Å². The average Bonchev–Trinajstić information content (AvgIpc) is 3.38. The predicted molar refractivity (Wildman–Crippen MR) is 193 cm³/mol. The maximum atomic E-state index is 12.5. The maximum Gasteiger partial charge on any atom is 0.191 e. The number of allylic oxidation sites excluding steroid dienone is 1. The molecule has 15 nitrogen and oxygen atoms in total. The van der Waals surface area contributed by atoms with Gasteiger partial charge in [-0.15, -0.1) is 0 Å². The minimum absolute atomic E-state index is 0.0559. The highest BCUT2D eigenvalue weighted by Gasteiger charge is 2.71. The van der Waals surface area contributed by atoms with Crippen molar-refractivity contribution in [1.82, 2.24) is 0 Å². The normalized spacial score (nSPS) is 57.0. The second kappa shape index (κ2) is 15.3. The lowest BCUT2D eigenvalue weighted by Crippen LogP contribution is -2.64. The highest BCUT2D eigenvalue weighted by molar-refractivity contribution is 5.28. The van der Waals surface area contributed by atoms with Gasteiger partial charge in [-0.2, -0.15) is 0 Å². The van der Waals surface area contributed by atoms with Crippen LogP contribution in [0.1, 0.15) is 92.9 Å². The first-order valence-corrected chi connectivity index (χ1v) is 20.6. The highest BCUT2D eigenvalue weighted by atomic mass is 16.8. The Hall–Kier alpha value is -0.860. The molecule has 22 atom stereocenters. The first-order chi connectivity index (χ1) is 25.8. The lowest BCUT2D eigenvalue weighted by Gasteiger charge is -2.60. The summed E-state index contributed by atoms with van der Waals surface area (Å²) in [5.41, 5.74) is -1.28. The Kier molecular flexibility index (Phi) is 11.8. The van der Waals surface area contributed by atoms with E-state index in [1.54, 1.807) is 6.92 Å². The van der Waals surface area contributed by atoms with Crippen LogP contribution in [0.5, 0.6) is 0 Å². The van der Waals surface area contributed by atoms with Gasteiger partial charge in [0.15, 0.2) is 18.4 Å². The zero-order valence-corrected chi connectivity index (χ0v) is 33.0. The van der Waals surface area contributed by atoms with Gasteiger partial charge in [0.2, 0.25) is 0 Å². The molecule has 0 aromatic carbocycles. The van der Waals surface area contributed by atoms with Crippen molar-refractivity contribution in [2.24, 2.45) is 34.5 Å². The van der Waals surface area contributed by atoms with Crippen LogP contribution < -0.4 is 0 Å². The zero-order valence-electron chi connectivity index (χ0n) is 33.0. The maximum absolute atomic E-state index is 12.5. The molecule has 0 spiro atoms. The third-order valence-electron chi connectivity index (χ3n) is 15.6. The van der Waals surface area contributed by atoms with Crippen LogP contribution in [-0.2, 0) is 28.4 Å². The lowest BCUT2D eigenvalue weighted by molar-refractivity contribution is -0.369. The van der Waals surface area contributed by atoms with Crippen molar-refractivity contribution in [3.63, 3.8) is 0 Å². The summed E-state index contributed by atoms with van der Waals surface area (Å²) in [5, 5.41) is 98.7. The largest absolute Gasteiger partial charge is 0.394 e. The van der Waals surface area contributed by atoms with Crippen LogP contribution in [-0.4, -0.2) is 156 Å². The molecular formula is C40H66O15. The van der Waals surface area contributed by atoms with E-state index in [9.17, 15) is 46.0 Å². The number of hydrogen-bond acceptors (Lipinski definition) is 15. The van der Waals surface area contributed by atoms with E-state index < -0.39 is 109 Å². The summed E-state index contributed by atoms with van der Waals surface area (Å²) in [6.45, 7) is 11.3. The van der Waals surface area contributed by atoms with Crippen LogP contribution in [0.15, 0.2) is 11.6 Å². The minimum Gasteiger partial charge on any atom is -0.394 e. The fourth-order valence-corrected chi connectivity index (χ4v) is 11.8. The third-order valence-corrected chi connectivity index (χ3v) is 15.6. The molecule has 3 aliphatic heterocycles. The molecule has 316 valence electrons. The van der Waals surface area contributed by atoms with Crippen molar-refractivity contribution >= 4 is 0 Å². The SMILES string of the molecule is CCC1(O)[C@@H](O[C@]2(C)OC[C@H](C)CC2O)C[C@H]2[C@@H]3CC=C4C[C@@H](O[C@@H]5OC(CO)[C@@H](O)[C@H](O)C5O[C@@H]5OC(C)[C@H](O)C(O)[C@@H]5O)CC[C@]4(C)[C@H]3C[C@H](O)[C@@]21C. The van der Waals surface area contributed by atoms with Crippen molar-refractivity contribution < 1.29 is 74.4 Å². The molecule has 0 radical (unpaired) electrons. The van der Waals surface area contributed by atoms with Crippen LogP contribution >= 0.6 is 0 Å². The minimum atomic E-state index is -1.66. The fraction of sp³-hybridized carbons (Fsp3) is 0.950. The van der Waals surface area contributed by atoms with Gasteiger partial charge < -0.3 is 74.4 Å². The van der Waals surface area contributed by atoms with Crippen molar-refractivity contribution in [1.29, 1.82) is 0 Å². The van der Waals surface area contributed by atoms with Gasteiger partial charge >= 0.3 is 0 Å². The summed E-state index contributed by atoms with van der Waals surface area (Å²) in [4.78, 5) is 0. The smallest absolute Gasteiger partial charge is 0.191 e. The standard InChI is InChI=1S/C40H66O15/c1-7-40(49)28(55-39(6)27(43)12-18(2)17-50-39)15-24-22-9-8-20-13-21(10-11-37(20,4)23(22)14-26(42)38(24,40)5)52-36-34(32(47)30(45)25(16-41)53-36)54-35-33(48)31(46)29(44)19(3)51-35/h8,18-19,21-36,41-49H,7,9-17H2,1-6H3/t18-,19?,21+,22-,23+,24+,25?,26+,27?,28+,29+,30-,31?,32+,33+,34?,35+,36-,37+,38-,39+,40?/m1/s1. The van der Waals surface area contributed by atoms with Crippen molar-refractivity contribution in [3.05, 3.63) is 11.6 Å². The molecule has 0 bridgehead atoms. The monoisotopic (exact) mass is 786 g/mol. The molecule has 7 rings (SSSR count). The molecule has 6 unspecified atom stereocenters. The third kappa shape index (κ3) is 6.78.